The summed E-state index contributed by atoms with van der Waals surface area (Å²) in [5.74, 6) is -2.06. The van der Waals surface area contributed by atoms with Crippen molar-refractivity contribution in [1.29, 1.82) is 0 Å². The number of hydrogen-bond donors (Lipinski definition) is 4. The average Bonchev–Trinajstić information content (AvgIpc) is 2.35. The lowest BCUT2D eigenvalue weighted by Crippen LogP contribution is -2.73. The molecular formula is C12H26N2O7S. The maximum atomic E-state index is 11.8. The molecule has 0 saturated heterocycles. The first-order valence-electron chi connectivity index (χ1n) is 6.92. The van der Waals surface area contributed by atoms with Crippen LogP contribution in [0, 0.1) is 0 Å². The van der Waals surface area contributed by atoms with Gasteiger partial charge in [-0.3, -0.25) is 10.3 Å². The highest BCUT2D eigenvalue weighted by Gasteiger charge is 2.49. The lowest BCUT2D eigenvalue weighted by atomic mass is 9.85. The maximum absolute atomic E-state index is 11.8. The van der Waals surface area contributed by atoms with E-state index in [9.17, 15) is 23.4 Å². The average molecular weight is 342 g/mol. The Labute approximate surface area is 130 Å². The molecule has 0 rings (SSSR count). The summed E-state index contributed by atoms with van der Waals surface area (Å²) in [5, 5.41) is 30.0. The van der Waals surface area contributed by atoms with Crippen molar-refractivity contribution in [2.24, 2.45) is 5.73 Å². The van der Waals surface area contributed by atoms with Gasteiger partial charge in [-0.15, -0.1) is 0 Å². The molecule has 0 bridgehead atoms. The second-order valence-electron chi connectivity index (χ2n) is 5.80. The van der Waals surface area contributed by atoms with Crippen molar-refractivity contribution < 1.29 is 37.6 Å². The molecule has 0 aliphatic rings. The van der Waals surface area contributed by atoms with Gasteiger partial charge in [0.05, 0.1) is 26.5 Å². The molecule has 0 saturated carbocycles. The smallest absolute Gasteiger partial charge is 0.264 e. The van der Waals surface area contributed by atoms with E-state index in [4.69, 9.17) is 15.4 Å². The molecule has 0 aromatic carbocycles. The third-order valence-electron chi connectivity index (χ3n) is 4.26. The van der Waals surface area contributed by atoms with Crippen LogP contribution in [0.4, 0.5) is 0 Å². The van der Waals surface area contributed by atoms with Crippen LogP contribution in [-0.4, -0.2) is 78.4 Å². The van der Waals surface area contributed by atoms with E-state index in [0.717, 1.165) is 0 Å². The zero-order chi connectivity index (χ0) is 17.6. The first-order valence-corrected chi connectivity index (χ1v) is 8.53. The van der Waals surface area contributed by atoms with Gasteiger partial charge in [0, 0.05) is 25.9 Å². The number of nitrogens with two attached hydrogens (primary N) is 1. The normalized spacial score (nSPS) is 17.0. The van der Waals surface area contributed by atoms with E-state index in [2.05, 4.69) is 0 Å². The predicted octanol–water partition coefficient (Wildman–Crippen LogP) is -2.73. The van der Waals surface area contributed by atoms with Crippen molar-refractivity contribution in [2.45, 2.75) is 37.4 Å². The number of nitrogens with zero attached hydrogens (tertiary/aromatic N) is 1. The van der Waals surface area contributed by atoms with Gasteiger partial charge in [-0.1, -0.05) is 0 Å². The van der Waals surface area contributed by atoms with Crippen LogP contribution in [0.5, 0.6) is 0 Å². The Kier molecular flexibility index (Phi) is 7.89. The van der Waals surface area contributed by atoms with Gasteiger partial charge in [0.2, 0.25) is 0 Å². The SMILES string of the molecule is C[N+](C)(C(N)CCO)C(CCO)(CCCS(=O)(=O)O)C(=O)[O-]. The van der Waals surface area contributed by atoms with Gasteiger partial charge in [0.15, 0.2) is 0 Å². The van der Waals surface area contributed by atoms with Crippen molar-refractivity contribution >= 4 is 16.1 Å². The largest absolute Gasteiger partial charge is 0.544 e. The fourth-order valence-corrected chi connectivity index (χ4v) is 3.15. The van der Waals surface area contributed by atoms with Gasteiger partial charge >= 0.3 is 0 Å². The van der Waals surface area contributed by atoms with Gasteiger partial charge < -0.3 is 24.6 Å². The topological polar surface area (TPSA) is 161 Å². The minimum Gasteiger partial charge on any atom is -0.544 e. The standard InChI is InChI=1S/C12H26N2O7S/c1-14(2,10(13)4-7-15)12(6-8-16,11(17)18)5-3-9-22(19,20)21/h10,15-16H,3-9,13H2,1-2H3,(H-,17,18,19,20,21). The number of carboxylic acid groups (broad SMARTS) is 1. The molecule has 0 aliphatic heterocycles. The summed E-state index contributed by atoms with van der Waals surface area (Å²) in [6.45, 7) is -0.691. The summed E-state index contributed by atoms with van der Waals surface area (Å²) in [6, 6.07) is 0. The van der Waals surface area contributed by atoms with E-state index in [1.54, 1.807) is 0 Å². The van der Waals surface area contributed by atoms with Crippen molar-refractivity contribution in [1.82, 2.24) is 0 Å². The molecule has 0 aromatic rings. The number of hydrogen-bond acceptors (Lipinski definition) is 7. The van der Waals surface area contributed by atoms with E-state index >= 15 is 0 Å². The fraction of sp³-hybridized carbons (Fsp3) is 0.917. The number of aliphatic carboxylic acids is 1. The Bertz CT molecular complexity index is 466. The van der Waals surface area contributed by atoms with E-state index in [1.165, 1.54) is 14.1 Å². The number of carboxylic acids is 1. The van der Waals surface area contributed by atoms with E-state index < -0.39 is 40.2 Å². The second kappa shape index (κ2) is 8.18. The number of carbonyl (C=O) groups is 1. The minimum absolute atomic E-state index is 0.125. The number of rotatable bonds is 11. The van der Waals surface area contributed by atoms with Crippen molar-refractivity contribution in [3.05, 3.63) is 0 Å². The first-order chi connectivity index (χ1) is 9.94. The lowest BCUT2D eigenvalue weighted by Gasteiger charge is -2.52. The van der Waals surface area contributed by atoms with Crippen LogP contribution in [0.2, 0.25) is 0 Å². The molecule has 0 spiro atoms. The zero-order valence-electron chi connectivity index (χ0n) is 12.9. The van der Waals surface area contributed by atoms with Crippen LogP contribution >= 0.6 is 0 Å². The Morgan fingerprint density at radius 2 is 1.82 bits per heavy atom. The summed E-state index contributed by atoms with van der Waals surface area (Å²) >= 11 is 0. The maximum Gasteiger partial charge on any atom is 0.264 e. The van der Waals surface area contributed by atoms with Crippen LogP contribution in [0.25, 0.3) is 0 Å². The molecule has 0 amide bonds. The molecule has 0 radical (unpaired) electrons. The van der Waals surface area contributed by atoms with Crippen molar-refractivity contribution in [3.8, 4) is 0 Å². The molecule has 2 atom stereocenters. The predicted molar refractivity (Wildman–Crippen MR) is 76.9 cm³/mol. The summed E-state index contributed by atoms with van der Waals surface area (Å²) in [4.78, 5) is 11.8. The van der Waals surface area contributed by atoms with Crippen molar-refractivity contribution in [2.75, 3.05) is 33.1 Å². The number of quaternary nitrogens is 1. The molecular weight excluding hydrogens is 316 g/mol. The molecule has 0 heterocycles. The Hall–Kier alpha value is -0.780. The van der Waals surface area contributed by atoms with Gasteiger partial charge in [0.25, 0.3) is 10.1 Å². The molecule has 0 fully saturated rings. The molecule has 9 nitrogen and oxygen atoms in total. The molecule has 22 heavy (non-hydrogen) atoms. The van der Waals surface area contributed by atoms with Crippen LogP contribution < -0.4 is 10.8 Å². The molecule has 0 aliphatic carbocycles. The van der Waals surface area contributed by atoms with Crippen LogP contribution in [0.1, 0.15) is 25.7 Å². The van der Waals surface area contributed by atoms with Crippen LogP contribution in [0.3, 0.4) is 0 Å². The second-order valence-corrected chi connectivity index (χ2v) is 7.37. The van der Waals surface area contributed by atoms with Gasteiger partial charge in [-0.05, 0) is 6.42 Å². The highest BCUT2D eigenvalue weighted by Crippen LogP contribution is 2.32. The highest BCUT2D eigenvalue weighted by atomic mass is 32.2. The van der Waals surface area contributed by atoms with Crippen LogP contribution in [0.15, 0.2) is 0 Å². The molecule has 2 unspecified atom stereocenters. The van der Waals surface area contributed by atoms with Crippen molar-refractivity contribution in [3.63, 3.8) is 0 Å². The van der Waals surface area contributed by atoms with Gasteiger partial charge in [-0.2, -0.15) is 8.42 Å². The number of likely N-dealkylation sites (N-methyl/N-ethyl adjacent to an activating group) is 1. The minimum atomic E-state index is -4.22. The number of carbonyl (C=O) groups excluding carboxylic acids is 1. The summed E-state index contributed by atoms with van der Waals surface area (Å²) < 4.78 is 30.1. The lowest BCUT2D eigenvalue weighted by molar-refractivity contribution is -0.958. The number of aliphatic hydroxyl groups is 2. The fourth-order valence-electron chi connectivity index (χ4n) is 2.65. The Morgan fingerprint density at radius 3 is 2.18 bits per heavy atom. The van der Waals surface area contributed by atoms with E-state index in [-0.39, 0.29) is 36.8 Å². The monoisotopic (exact) mass is 342 g/mol. The van der Waals surface area contributed by atoms with E-state index in [1.807, 2.05) is 0 Å². The summed E-state index contributed by atoms with van der Waals surface area (Å²) in [6.07, 6.45) is -1.08. The van der Waals surface area contributed by atoms with Gasteiger partial charge in [-0.25, -0.2) is 0 Å². The number of aliphatic hydroxyl groups excluding tert-OH is 2. The highest BCUT2D eigenvalue weighted by molar-refractivity contribution is 7.85. The van der Waals surface area contributed by atoms with E-state index in [0.29, 0.717) is 0 Å². The quantitative estimate of drug-likeness (QED) is 0.179. The molecule has 0 aromatic heterocycles. The zero-order valence-corrected chi connectivity index (χ0v) is 13.8. The Balaban J connectivity index is 5.52. The molecule has 132 valence electrons. The van der Waals surface area contributed by atoms with Gasteiger partial charge in [0.1, 0.15) is 17.7 Å². The first kappa shape index (κ1) is 21.2. The summed E-state index contributed by atoms with van der Waals surface area (Å²) in [7, 11) is -1.16. The third-order valence-corrected chi connectivity index (χ3v) is 5.06. The molecule has 10 heteroatoms. The summed E-state index contributed by atoms with van der Waals surface area (Å²) in [5.41, 5.74) is 4.31. The third kappa shape index (κ3) is 5.14. The molecule has 5 N–H and O–H groups in total. The van der Waals surface area contributed by atoms with Crippen LogP contribution in [-0.2, 0) is 14.9 Å². The Morgan fingerprint density at radius 1 is 1.27 bits per heavy atom.